The molecule has 4 heteroatoms. The predicted octanol–water partition coefficient (Wildman–Crippen LogP) is 1.16. The van der Waals surface area contributed by atoms with Crippen LogP contribution in [0.2, 0.25) is 0 Å². The molecule has 2 atom stereocenters. The molecule has 0 aromatic carbocycles. The van der Waals surface area contributed by atoms with Gasteiger partial charge in [-0.3, -0.25) is 4.79 Å². The number of hydrogen-bond donors (Lipinski definition) is 2. The van der Waals surface area contributed by atoms with E-state index >= 15 is 0 Å². The van der Waals surface area contributed by atoms with Gasteiger partial charge in [-0.2, -0.15) is 0 Å². The zero-order valence-electron chi connectivity index (χ0n) is 12.0. The maximum absolute atomic E-state index is 12.5. The molecule has 4 bridgehead atoms. The van der Waals surface area contributed by atoms with Gasteiger partial charge in [0.05, 0.1) is 12.2 Å². The highest BCUT2D eigenvalue weighted by Gasteiger charge is 2.52. The minimum atomic E-state index is -0.754. The summed E-state index contributed by atoms with van der Waals surface area (Å²) in [4.78, 5) is 14.2. The van der Waals surface area contributed by atoms with Crippen molar-refractivity contribution < 1.29 is 15.0 Å². The van der Waals surface area contributed by atoms with Gasteiger partial charge in [0.2, 0.25) is 5.91 Å². The second-order valence-corrected chi connectivity index (χ2v) is 8.03. The Balaban J connectivity index is 1.45. The Morgan fingerprint density at radius 2 is 1.40 bits per heavy atom. The van der Waals surface area contributed by atoms with E-state index in [4.69, 9.17) is 0 Å². The highest BCUT2D eigenvalue weighted by Crippen LogP contribution is 2.61. The zero-order chi connectivity index (χ0) is 13.9. The summed E-state index contributed by atoms with van der Waals surface area (Å²) in [7, 11) is 0. The van der Waals surface area contributed by atoms with Crippen molar-refractivity contribution in [1.82, 2.24) is 4.90 Å². The van der Waals surface area contributed by atoms with Crippen molar-refractivity contribution in [1.29, 1.82) is 0 Å². The summed E-state index contributed by atoms with van der Waals surface area (Å²) < 4.78 is 0. The molecule has 4 aliphatic carbocycles. The van der Waals surface area contributed by atoms with Crippen LogP contribution in [0.15, 0.2) is 0 Å². The van der Waals surface area contributed by atoms with Crippen LogP contribution < -0.4 is 0 Å². The average molecular weight is 279 g/mol. The van der Waals surface area contributed by atoms with Crippen LogP contribution in [-0.4, -0.2) is 46.3 Å². The van der Waals surface area contributed by atoms with Gasteiger partial charge in [-0.05, 0) is 61.7 Å². The number of aliphatic hydroxyl groups excluding tert-OH is 2. The zero-order valence-corrected chi connectivity index (χ0v) is 12.0. The number of amides is 1. The standard InChI is InChI=1S/C16H25NO3/c18-13-8-17(9-14(13)19)15(20)7-16-4-10-1-11(5-16)3-12(2-10)6-16/h10-14,18-19H,1-9H2/t10?,11?,12?,13-,14+,16?. The number of rotatable bonds is 2. The summed E-state index contributed by atoms with van der Waals surface area (Å²) in [6, 6.07) is 0. The first-order valence-electron chi connectivity index (χ1n) is 8.17. The number of carbonyl (C=O) groups is 1. The van der Waals surface area contributed by atoms with E-state index in [2.05, 4.69) is 0 Å². The first-order chi connectivity index (χ1) is 9.53. The molecular weight excluding hydrogens is 254 g/mol. The van der Waals surface area contributed by atoms with E-state index in [9.17, 15) is 15.0 Å². The molecule has 2 N–H and O–H groups in total. The molecule has 0 aromatic heterocycles. The number of likely N-dealkylation sites (tertiary alicyclic amines) is 1. The third-order valence-electron chi connectivity index (χ3n) is 6.30. The smallest absolute Gasteiger partial charge is 0.223 e. The maximum atomic E-state index is 12.5. The molecule has 4 nitrogen and oxygen atoms in total. The second-order valence-electron chi connectivity index (χ2n) is 8.03. The van der Waals surface area contributed by atoms with Gasteiger partial charge < -0.3 is 15.1 Å². The summed E-state index contributed by atoms with van der Waals surface area (Å²) in [6.07, 6.45) is 7.05. The van der Waals surface area contributed by atoms with Crippen LogP contribution in [0.3, 0.4) is 0 Å². The highest BCUT2D eigenvalue weighted by atomic mass is 16.3. The van der Waals surface area contributed by atoms with Gasteiger partial charge in [0, 0.05) is 19.5 Å². The van der Waals surface area contributed by atoms with Gasteiger partial charge in [-0.25, -0.2) is 0 Å². The van der Waals surface area contributed by atoms with Crippen molar-refractivity contribution in [2.75, 3.05) is 13.1 Å². The molecule has 4 saturated carbocycles. The molecule has 0 radical (unpaired) electrons. The minimum absolute atomic E-state index is 0.155. The Kier molecular flexibility index (Phi) is 2.90. The average Bonchev–Trinajstić information content (AvgIpc) is 2.67. The maximum Gasteiger partial charge on any atom is 0.223 e. The molecular formula is C16H25NO3. The molecule has 0 unspecified atom stereocenters. The van der Waals surface area contributed by atoms with Gasteiger partial charge in [0.1, 0.15) is 0 Å². The minimum Gasteiger partial charge on any atom is -0.388 e. The van der Waals surface area contributed by atoms with Crippen LogP contribution in [0.25, 0.3) is 0 Å². The molecule has 1 aliphatic heterocycles. The fourth-order valence-corrected chi connectivity index (χ4v) is 5.91. The second kappa shape index (κ2) is 4.44. The molecule has 0 aromatic rings. The van der Waals surface area contributed by atoms with Gasteiger partial charge in [-0.1, -0.05) is 0 Å². The van der Waals surface area contributed by atoms with Crippen molar-refractivity contribution in [3.63, 3.8) is 0 Å². The van der Waals surface area contributed by atoms with E-state index in [-0.39, 0.29) is 11.3 Å². The number of hydrogen-bond acceptors (Lipinski definition) is 3. The van der Waals surface area contributed by atoms with Crippen molar-refractivity contribution in [3.05, 3.63) is 0 Å². The van der Waals surface area contributed by atoms with Crippen LogP contribution >= 0.6 is 0 Å². The van der Waals surface area contributed by atoms with Crippen LogP contribution in [0.1, 0.15) is 44.9 Å². The summed E-state index contributed by atoms with van der Waals surface area (Å²) >= 11 is 0. The normalized spacial score (nSPS) is 49.9. The Labute approximate surface area is 120 Å². The highest BCUT2D eigenvalue weighted by molar-refractivity contribution is 5.77. The van der Waals surface area contributed by atoms with E-state index in [0.717, 1.165) is 17.8 Å². The van der Waals surface area contributed by atoms with Gasteiger partial charge >= 0.3 is 0 Å². The number of β-amino-alcohol motifs (C(OH)–C–C–N with tert-alkyl or cyclic N) is 2. The Hall–Kier alpha value is -0.610. The lowest BCUT2D eigenvalue weighted by Crippen LogP contribution is -2.48. The summed E-state index contributed by atoms with van der Waals surface area (Å²) in [6.45, 7) is 0.624. The Morgan fingerprint density at radius 3 is 1.85 bits per heavy atom. The molecule has 0 spiro atoms. The molecule has 1 heterocycles. The van der Waals surface area contributed by atoms with Crippen molar-refractivity contribution in [2.45, 2.75) is 57.2 Å². The molecule has 5 fully saturated rings. The van der Waals surface area contributed by atoms with Crippen molar-refractivity contribution in [3.8, 4) is 0 Å². The lowest BCUT2D eigenvalue weighted by atomic mass is 9.49. The Morgan fingerprint density at radius 1 is 0.950 bits per heavy atom. The molecule has 5 rings (SSSR count). The van der Waals surface area contributed by atoms with E-state index in [1.807, 2.05) is 0 Å². The van der Waals surface area contributed by atoms with Crippen LogP contribution in [0.5, 0.6) is 0 Å². The third-order valence-corrected chi connectivity index (χ3v) is 6.30. The van der Waals surface area contributed by atoms with Crippen LogP contribution in [0, 0.1) is 23.2 Å². The quantitative estimate of drug-likeness (QED) is 0.797. The molecule has 1 saturated heterocycles. The van der Waals surface area contributed by atoms with E-state index in [1.54, 1.807) is 4.90 Å². The van der Waals surface area contributed by atoms with E-state index < -0.39 is 12.2 Å². The van der Waals surface area contributed by atoms with E-state index in [0.29, 0.717) is 19.5 Å². The number of carbonyl (C=O) groups excluding carboxylic acids is 1. The molecule has 5 aliphatic rings. The molecule has 20 heavy (non-hydrogen) atoms. The monoisotopic (exact) mass is 279 g/mol. The Bertz CT molecular complexity index is 377. The van der Waals surface area contributed by atoms with Crippen molar-refractivity contribution in [2.24, 2.45) is 23.2 Å². The van der Waals surface area contributed by atoms with Gasteiger partial charge in [0.15, 0.2) is 0 Å². The summed E-state index contributed by atoms with van der Waals surface area (Å²) in [5.74, 6) is 2.75. The van der Waals surface area contributed by atoms with E-state index in [1.165, 1.54) is 38.5 Å². The SMILES string of the molecule is O=C(CC12CC3CC(CC(C3)C1)C2)N1C[C@@H](O)[C@@H](O)C1. The van der Waals surface area contributed by atoms with Crippen LogP contribution in [-0.2, 0) is 4.79 Å². The summed E-state index contributed by atoms with van der Waals surface area (Å²) in [5, 5.41) is 19.2. The number of aliphatic hydroxyl groups is 2. The molecule has 1 amide bonds. The lowest BCUT2D eigenvalue weighted by Gasteiger charge is -2.56. The fourth-order valence-electron chi connectivity index (χ4n) is 5.91. The largest absolute Gasteiger partial charge is 0.388 e. The van der Waals surface area contributed by atoms with Gasteiger partial charge in [0.25, 0.3) is 0 Å². The number of nitrogens with zero attached hydrogens (tertiary/aromatic N) is 1. The molecule has 112 valence electrons. The summed E-state index contributed by atoms with van der Waals surface area (Å²) in [5.41, 5.74) is 0.254. The third kappa shape index (κ3) is 2.08. The van der Waals surface area contributed by atoms with Crippen LogP contribution in [0.4, 0.5) is 0 Å². The predicted molar refractivity (Wildman–Crippen MR) is 73.8 cm³/mol. The first kappa shape index (κ1) is 13.1. The van der Waals surface area contributed by atoms with Crippen molar-refractivity contribution >= 4 is 5.91 Å². The lowest BCUT2D eigenvalue weighted by molar-refractivity contribution is -0.139. The fraction of sp³-hybridized carbons (Fsp3) is 0.938. The first-order valence-corrected chi connectivity index (χ1v) is 8.17. The van der Waals surface area contributed by atoms with Gasteiger partial charge in [-0.15, -0.1) is 0 Å². The topological polar surface area (TPSA) is 60.8 Å².